The van der Waals surface area contributed by atoms with Crippen LogP contribution in [0.25, 0.3) is 0 Å². The number of hydrogen-bond acceptors (Lipinski definition) is 4. The molecule has 20 heavy (non-hydrogen) atoms. The molecule has 2 unspecified atom stereocenters. The minimum Gasteiger partial charge on any atom is -0.481 e. The molecular formula is C13H22N2O5. The van der Waals surface area contributed by atoms with E-state index >= 15 is 0 Å². The van der Waals surface area contributed by atoms with Crippen molar-refractivity contribution in [3.05, 3.63) is 0 Å². The lowest BCUT2D eigenvalue weighted by molar-refractivity contribution is -0.141. The van der Waals surface area contributed by atoms with Crippen molar-refractivity contribution >= 4 is 17.8 Å². The van der Waals surface area contributed by atoms with Crippen molar-refractivity contribution in [1.29, 1.82) is 0 Å². The van der Waals surface area contributed by atoms with Crippen LogP contribution in [0.3, 0.4) is 0 Å². The summed E-state index contributed by atoms with van der Waals surface area (Å²) in [5.41, 5.74) is 0. The van der Waals surface area contributed by atoms with Gasteiger partial charge in [-0.2, -0.15) is 0 Å². The van der Waals surface area contributed by atoms with Gasteiger partial charge < -0.3 is 20.1 Å². The minimum atomic E-state index is -0.874. The van der Waals surface area contributed by atoms with Gasteiger partial charge in [0.15, 0.2) is 0 Å². The average Bonchev–Trinajstić information content (AvgIpc) is 2.77. The number of carbonyl (C=O) groups is 3. The van der Waals surface area contributed by atoms with Gasteiger partial charge in [0.25, 0.3) is 0 Å². The summed E-state index contributed by atoms with van der Waals surface area (Å²) in [5.74, 6) is -1.93. The van der Waals surface area contributed by atoms with Crippen LogP contribution in [0.2, 0.25) is 0 Å². The molecule has 0 saturated carbocycles. The Kier molecular flexibility index (Phi) is 6.44. The molecule has 7 heteroatoms. The molecule has 2 N–H and O–H groups in total. The number of nitrogens with one attached hydrogen (secondary N) is 1. The quantitative estimate of drug-likeness (QED) is 0.639. The third-order valence-corrected chi connectivity index (χ3v) is 3.45. The monoisotopic (exact) mass is 286 g/mol. The molecule has 0 aliphatic carbocycles. The Morgan fingerprint density at radius 2 is 2.25 bits per heavy atom. The van der Waals surface area contributed by atoms with Gasteiger partial charge in [-0.1, -0.05) is 6.92 Å². The fourth-order valence-electron chi connectivity index (χ4n) is 2.05. The van der Waals surface area contributed by atoms with Crippen LogP contribution in [0.1, 0.15) is 19.8 Å². The maximum atomic E-state index is 11.9. The first-order valence-corrected chi connectivity index (χ1v) is 6.73. The van der Waals surface area contributed by atoms with E-state index in [0.29, 0.717) is 32.7 Å². The third kappa shape index (κ3) is 4.80. The zero-order valence-corrected chi connectivity index (χ0v) is 11.9. The van der Waals surface area contributed by atoms with E-state index in [0.717, 1.165) is 0 Å². The van der Waals surface area contributed by atoms with Crippen molar-refractivity contribution in [2.24, 2.45) is 11.8 Å². The van der Waals surface area contributed by atoms with Gasteiger partial charge >= 0.3 is 5.97 Å². The summed E-state index contributed by atoms with van der Waals surface area (Å²) in [7, 11) is 1.56. The van der Waals surface area contributed by atoms with Crippen molar-refractivity contribution in [2.45, 2.75) is 19.8 Å². The standard InChI is InChI=1S/C13H22N2O5/c1-9(13(18)19)3-4-14-12(17)10-7-11(16)15(8-10)5-6-20-2/h9-10H,3-8H2,1-2H3,(H,14,17)(H,18,19). The Bertz CT molecular complexity index is 372. The van der Waals surface area contributed by atoms with Crippen LogP contribution in [-0.2, 0) is 19.1 Å². The van der Waals surface area contributed by atoms with E-state index in [2.05, 4.69) is 5.32 Å². The molecule has 7 nitrogen and oxygen atoms in total. The lowest BCUT2D eigenvalue weighted by Gasteiger charge is -2.16. The SMILES string of the molecule is COCCN1CC(C(=O)NCCC(C)C(=O)O)CC1=O. The van der Waals surface area contributed by atoms with Crippen molar-refractivity contribution in [3.63, 3.8) is 0 Å². The number of ether oxygens (including phenoxy) is 1. The normalized spacial score (nSPS) is 20.0. The summed E-state index contributed by atoms with van der Waals surface area (Å²) in [6.07, 6.45) is 0.596. The Labute approximate surface area is 118 Å². The fourth-order valence-corrected chi connectivity index (χ4v) is 2.05. The second kappa shape index (κ2) is 7.84. The highest BCUT2D eigenvalue weighted by Crippen LogP contribution is 2.17. The molecule has 0 aromatic heterocycles. The lowest BCUT2D eigenvalue weighted by atomic mass is 10.1. The zero-order valence-electron chi connectivity index (χ0n) is 11.9. The lowest BCUT2D eigenvalue weighted by Crippen LogP contribution is -2.35. The van der Waals surface area contributed by atoms with Gasteiger partial charge in [0.1, 0.15) is 0 Å². The van der Waals surface area contributed by atoms with Crippen molar-refractivity contribution in [2.75, 3.05) is 33.4 Å². The fraction of sp³-hybridized carbons (Fsp3) is 0.769. The van der Waals surface area contributed by atoms with Gasteiger partial charge in [0, 0.05) is 33.2 Å². The number of aliphatic carboxylic acids is 1. The van der Waals surface area contributed by atoms with Gasteiger partial charge in [-0.05, 0) is 6.42 Å². The molecule has 0 aromatic carbocycles. The first-order valence-electron chi connectivity index (χ1n) is 6.73. The van der Waals surface area contributed by atoms with E-state index in [1.54, 1.807) is 18.9 Å². The van der Waals surface area contributed by atoms with Gasteiger partial charge in [-0.3, -0.25) is 14.4 Å². The van der Waals surface area contributed by atoms with E-state index in [-0.39, 0.29) is 24.2 Å². The van der Waals surface area contributed by atoms with Crippen LogP contribution >= 0.6 is 0 Å². The highest BCUT2D eigenvalue weighted by molar-refractivity contribution is 5.89. The van der Waals surface area contributed by atoms with Gasteiger partial charge in [-0.25, -0.2) is 0 Å². The molecule has 1 aliphatic rings. The second-order valence-electron chi connectivity index (χ2n) is 5.05. The number of hydrogen-bond donors (Lipinski definition) is 2. The number of likely N-dealkylation sites (tertiary alicyclic amines) is 1. The third-order valence-electron chi connectivity index (χ3n) is 3.45. The van der Waals surface area contributed by atoms with Crippen LogP contribution in [0.5, 0.6) is 0 Å². The maximum Gasteiger partial charge on any atom is 0.306 e. The van der Waals surface area contributed by atoms with E-state index < -0.39 is 11.9 Å². The smallest absolute Gasteiger partial charge is 0.306 e. The molecule has 1 rings (SSSR count). The molecule has 2 amide bonds. The molecule has 0 aromatic rings. The number of rotatable bonds is 8. The molecular weight excluding hydrogens is 264 g/mol. The summed E-state index contributed by atoms with van der Waals surface area (Å²) in [6.45, 7) is 3.27. The Hall–Kier alpha value is -1.63. The summed E-state index contributed by atoms with van der Waals surface area (Å²) < 4.78 is 4.91. The van der Waals surface area contributed by atoms with Crippen LogP contribution in [0.15, 0.2) is 0 Å². The van der Waals surface area contributed by atoms with Crippen molar-refractivity contribution in [1.82, 2.24) is 10.2 Å². The number of amides is 2. The first-order chi connectivity index (χ1) is 9.45. The van der Waals surface area contributed by atoms with Gasteiger partial charge in [-0.15, -0.1) is 0 Å². The summed E-state index contributed by atoms with van der Waals surface area (Å²) in [5, 5.41) is 11.4. The number of nitrogens with zero attached hydrogens (tertiary/aromatic N) is 1. The average molecular weight is 286 g/mol. The highest BCUT2D eigenvalue weighted by Gasteiger charge is 2.33. The van der Waals surface area contributed by atoms with E-state index in [9.17, 15) is 14.4 Å². The van der Waals surface area contributed by atoms with Crippen LogP contribution in [0.4, 0.5) is 0 Å². The molecule has 0 bridgehead atoms. The maximum absolute atomic E-state index is 11.9. The zero-order chi connectivity index (χ0) is 15.1. The molecule has 114 valence electrons. The number of carboxylic acid groups (broad SMARTS) is 1. The van der Waals surface area contributed by atoms with Crippen LogP contribution in [0, 0.1) is 11.8 Å². The molecule has 0 spiro atoms. The van der Waals surface area contributed by atoms with Crippen LogP contribution < -0.4 is 5.32 Å². The largest absolute Gasteiger partial charge is 0.481 e. The van der Waals surface area contributed by atoms with E-state index in [4.69, 9.17) is 9.84 Å². The molecule has 0 radical (unpaired) electrons. The number of methoxy groups -OCH3 is 1. The Morgan fingerprint density at radius 3 is 2.85 bits per heavy atom. The predicted molar refractivity (Wildman–Crippen MR) is 71.0 cm³/mol. The predicted octanol–water partition coefficient (Wildman–Crippen LogP) is -0.292. The summed E-state index contributed by atoms with van der Waals surface area (Å²) in [6, 6.07) is 0. The summed E-state index contributed by atoms with van der Waals surface area (Å²) in [4.78, 5) is 35.8. The molecule has 1 aliphatic heterocycles. The summed E-state index contributed by atoms with van der Waals surface area (Å²) >= 11 is 0. The second-order valence-corrected chi connectivity index (χ2v) is 5.05. The highest BCUT2D eigenvalue weighted by atomic mass is 16.5. The number of carbonyl (C=O) groups excluding carboxylic acids is 2. The molecule has 1 fully saturated rings. The van der Waals surface area contributed by atoms with E-state index in [1.165, 1.54) is 0 Å². The van der Waals surface area contributed by atoms with Crippen LogP contribution in [-0.4, -0.2) is 61.1 Å². The molecule has 1 saturated heterocycles. The Morgan fingerprint density at radius 1 is 1.55 bits per heavy atom. The first kappa shape index (κ1) is 16.4. The van der Waals surface area contributed by atoms with Crippen molar-refractivity contribution < 1.29 is 24.2 Å². The molecule has 2 atom stereocenters. The van der Waals surface area contributed by atoms with E-state index in [1.807, 2.05) is 0 Å². The van der Waals surface area contributed by atoms with Gasteiger partial charge in [0.2, 0.25) is 11.8 Å². The molecule has 1 heterocycles. The topological polar surface area (TPSA) is 95.9 Å². The van der Waals surface area contributed by atoms with Gasteiger partial charge in [0.05, 0.1) is 18.4 Å². The minimum absolute atomic E-state index is 0.0406. The number of carboxylic acids is 1. The Balaban J connectivity index is 2.31. The van der Waals surface area contributed by atoms with Crippen molar-refractivity contribution in [3.8, 4) is 0 Å².